The maximum absolute atomic E-state index is 12.6. The van der Waals surface area contributed by atoms with Crippen molar-refractivity contribution >= 4 is 5.91 Å². The number of rotatable bonds is 7. The quantitative estimate of drug-likeness (QED) is 0.764. The van der Waals surface area contributed by atoms with Crippen molar-refractivity contribution in [2.45, 2.75) is 31.7 Å². The fourth-order valence-electron chi connectivity index (χ4n) is 2.37. The summed E-state index contributed by atoms with van der Waals surface area (Å²) in [6.07, 6.45) is 5.23. The Morgan fingerprint density at radius 1 is 1.48 bits per heavy atom. The molecule has 2 N–H and O–H groups in total. The number of hydrogen-bond donors (Lipinski definition) is 2. The van der Waals surface area contributed by atoms with Gasteiger partial charge in [0.25, 0.3) is 5.91 Å². The van der Waals surface area contributed by atoms with Crippen molar-refractivity contribution in [1.82, 2.24) is 15.1 Å². The molecule has 0 bridgehead atoms. The van der Waals surface area contributed by atoms with Gasteiger partial charge >= 0.3 is 0 Å². The molecule has 3 rings (SSSR count). The zero-order valence-corrected chi connectivity index (χ0v) is 11.8. The number of nitrogens with zero attached hydrogens (tertiary/aromatic N) is 2. The lowest BCUT2D eigenvalue weighted by Gasteiger charge is -2.21. The van der Waals surface area contributed by atoms with Gasteiger partial charge in [0.1, 0.15) is 5.69 Å². The Kier molecular flexibility index (Phi) is 4.06. The topological polar surface area (TPSA) is 82.4 Å². The van der Waals surface area contributed by atoms with Crippen LogP contribution < -0.4 is 0 Å². The van der Waals surface area contributed by atoms with E-state index >= 15 is 0 Å². The Morgan fingerprint density at radius 2 is 2.33 bits per heavy atom. The summed E-state index contributed by atoms with van der Waals surface area (Å²) in [5.74, 6) is 0.615. The Balaban J connectivity index is 1.70. The Labute approximate surface area is 122 Å². The highest BCUT2D eigenvalue weighted by molar-refractivity contribution is 5.93. The van der Waals surface area contributed by atoms with Crippen LogP contribution in [0.2, 0.25) is 0 Å². The minimum absolute atomic E-state index is 0.0514. The number of carbonyl (C=O) groups is 1. The van der Waals surface area contributed by atoms with Crippen LogP contribution in [0.1, 0.15) is 36.2 Å². The third-order valence-corrected chi connectivity index (χ3v) is 3.64. The van der Waals surface area contributed by atoms with E-state index in [1.807, 2.05) is 11.0 Å². The molecule has 0 spiro atoms. The average Bonchev–Trinajstić information content (AvgIpc) is 3.00. The number of carbonyl (C=O) groups excluding carboxylic acids is 1. The van der Waals surface area contributed by atoms with Crippen molar-refractivity contribution in [3.05, 3.63) is 30.2 Å². The fraction of sp³-hybridized carbons (Fsp3) is 0.467. The van der Waals surface area contributed by atoms with Crippen LogP contribution in [0.5, 0.6) is 0 Å². The van der Waals surface area contributed by atoms with E-state index in [-0.39, 0.29) is 12.5 Å². The Hall–Kier alpha value is -2.08. The molecule has 2 heterocycles. The van der Waals surface area contributed by atoms with Crippen LogP contribution in [0.4, 0.5) is 0 Å². The molecule has 0 radical (unpaired) electrons. The van der Waals surface area contributed by atoms with Gasteiger partial charge in [-0.05, 0) is 37.8 Å². The van der Waals surface area contributed by atoms with Crippen molar-refractivity contribution < 1.29 is 14.3 Å². The van der Waals surface area contributed by atoms with E-state index < -0.39 is 0 Å². The maximum Gasteiger partial charge on any atom is 0.274 e. The Morgan fingerprint density at radius 3 is 3.00 bits per heavy atom. The van der Waals surface area contributed by atoms with Crippen LogP contribution in [-0.4, -0.2) is 45.3 Å². The summed E-state index contributed by atoms with van der Waals surface area (Å²) in [4.78, 5) is 14.4. The van der Waals surface area contributed by atoms with E-state index in [9.17, 15) is 4.79 Å². The first kappa shape index (κ1) is 13.9. The number of furan rings is 1. The molecule has 2 aromatic rings. The summed E-state index contributed by atoms with van der Waals surface area (Å²) in [5.41, 5.74) is 1.12. The number of aliphatic hydroxyl groups is 1. The summed E-state index contributed by atoms with van der Waals surface area (Å²) in [6, 6.07) is 5.67. The highest BCUT2D eigenvalue weighted by atomic mass is 16.3. The number of aromatic amines is 1. The molecule has 0 atom stereocenters. The number of hydrogen-bond acceptors (Lipinski definition) is 4. The first-order valence-electron chi connectivity index (χ1n) is 7.30. The molecule has 1 amide bonds. The molecule has 1 fully saturated rings. The summed E-state index contributed by atoms with van der Waals surface area (Å²) >= 11 is 0. The van der Waals surface area contributed by atoms with Crippen LogP contribution in [-0.2, 0) is 0 Å². The van der Waals surface area contributed by atoms with Crippen LogP contribution in [0.25, 0.3) is 11.5 Å². The van der Waals surface area contributed by atoms with Gasteiger partial charge in [-0.3, -0.25) is 9.89 Å². The molecular formula is C15H19N3O3. The van der Waals surface area contributed by atoms with Crippen molar-refractivity contribution in [1.29, 1.82) is 0 Å². The van der Waals surface area contributed by atoms with Crippen LogP contribution in [0, 0.1) is 0 Å². The summed E-state index contributed by atoms with van der Waals surface area (Å²) in [5, 5.41) is 15.8. The zero-order chi connectivity index (χ0) is 14.7. The van der Waals surface area contributed by atoms with Crippen molar-refractivity contribution in [3.63, 3.8) is 0 Å². The molecule has 112 valence electrons. The van der Waals surface area contributed by atoms with Gasteiger partial charge in [-0.1, -0.05) is 0 Å². The third-order valence-electron chi connectivity index (χ3n) is 3.64. The molecule has 2 aromatic heterocycles. The largest absolute Gasteiger partial charge is 0.463 e. The van der Waals surface area contributed by atoms with Gasteiger partial charge in [0.2, 0.25) is 0 Å². The lowest BCUT2D eigenvalue weighted by molar-refractivity contribution is 0.0731. The van der Waals surface area contributed by atoms with Gasteiger partial charge in [-0.2, -0.15) is 5.10 Å². The molecule has 6 nitrogen and oxygen atoms in total. The molecule has 1 saturated carbocycles. The highest BCUT2D eigenvalue weighted by Gasteiger charge is 2.33. The SMILES string of the molecule is O=C(c1cc(-c2ccco2)[nH]n1)N(CCCCO)C1CC1. The van der Waals surface area contributed by atoms with Crippen LogP contribution >= 0.6 is 0 Å². The Bertz CT molecular complexity index is 587. The van der Waals surface area contributed by atoms with Gasteiger partial charge in [0.15, 0.2) is 11.5 Å². The molecule has 6 heteroatoms. The van der Waals surface area contributed by atoms with Crippen LogP contribution in [0.15, 0.2) is 28.9 Å². The molecule has 0 aromatic carbocycles. The van der Waals surface area contributed by atoms with E-state index in [1.54, 1.807) is 18.4 Å². The van der Waals surface area contributed by atoms with Crippen molar-refractivity contribution in [3.8, 4) is 11.5 Å². The standard InChI is InChI=1S/C15H19N3O3/c19-8-2-1-7-18(11-5-6-11)15(20)13-10-12(16-17-13)14-4-3-9-21-14/h3-4,9-11,19H,1-2,5-8H2,(H,16,17). The predicted octanol–water partition coefficient (Wildman–Crippen LogP) is 2.05. The summed E-state index contributed by atoms with van der Waals surface area (Å²) in [6.45, 7) is 0.838. The molecule has 1 aliphatic carbocycles. The van der Waals surface area contributed by atoms with Gasteiger partial charge in [-0.15, -0.1) is 0 Å². The number of H-pyrrole nitrogens is 1. The molecule has 0 unspecified atom stereocenters. The first-order chi connectivity index (χ1) is 10.3. The predicted molar refractivity (Wildman–Crippen MR) is 76.7 cm³/mol. The number of nitrogens with one attached hydrogen (secondary N) is 1. The van der Waals surface area contributed by atoms with Crippen LogP contribution in [0.3, 0.4) is 0 Å². The van der Waals surface area contributed by atoms with E-state index in [2.05, 4.69) is 10.2 Å². The minimum Gasteiger partial charge on any atom is -0.463 e. The van der Waals surface area contributed by atoms with E-state index in [4.69, 9.17) is 9.52 Å². The molecule has 0 aliphatic heterocycles. The van der Waals surface area contributed by atoms with E-state index in [0.29, 0.717) is 36.2 Å². The second kappa shape index (κ2) is 6.13. The van der Waals surface area contributed by atoms with Gasteiger partial charge in [0.05, 0.1) is 6.26 Å². The van der Waals surface area contributed by atoms with Crippen molar-refractivity contribution in [2.75, 3.05) is 13.2 Å². The summed E-state index contributed by atoms with van der Waals surface area (Å²) in [7, 11) is 0. The number of aromatic nitrogens is 2. The number of unbranched alkanes of at least 4 members (excludes halogenated alkanes) is 1. The maximum atomic E-state index is 12.6. The van der Waals surface area contributed by atoms with E-state index in [1.165, 1.54) is 0 Å². The van der Waals surface area contributed by atoms with E-state index in [0.717, 1.165) is 19.3 Å². The summed E-state index contributed by atoms with van der Waals surface area (Å²) < 4.78 is 5.29. The fourth-order valence-corrected chi connectivity index (χ4v) is 2.37. The number of aliphatic hydroxyl groups excluding tert-OH is 1. The lowest BCUT2D eigenvalue weighted by atomic mass is 10.2. The molecule has 0 saturated heterocycles. The second-order valence-corrected chi connectivity index (χ2v) is 5.30. The van der Waals surface area contributed by atoms with Crippen molar-refractivity contribution in [2.24, 2.45) is 0 Å². The molecular weight excluding hydrogens is 270 g/mol. The number of amides is 1. The lowest BCUT2D eigenvalue weighted by Crippen LogP contribution is -2.34. The highest BCUT2D eigenvalue weighted by Crippen LogP contribution is 2.29. The second-order valence-electron chi connectivity index (χ2n) is 5.30. The average molecular weight is 289 g/mol. The third kappa shape index (κ3) is 3.16. The molecule has 21 heavy (non-hydrogen) atoms. The minimum atomic E-state index is -0.0514. The monoisotopic (exact) mass is 289 g/mol. The van der Waals surface area contributed by atoms with Gasteiger partial charge in [0, 0.05) is 25.3 Å². The molecule has 1 aliphatic rings. The zero-order valence-electron chi connectivity index (χ0n) is 11.8. The normalized spacial score (nSPS) is 14.3. The van der Waals surface area contributed by atoms with Gasteiger partial charge < -0.3 is 14.4 Å². The first-order valence-corrected chi connectivity index (χ1v) is 7.30. The van der Waals surface area contributed by atoms with Gasteiger partial charge in [-0.25, -0.2) is 0 Å². The smallest absolute Gasteiger partial charge is 0.274 e.